The molecular weight excluding hydrogens is 248 g/mol. The third-order valence-electron chi connectivity index (χ3n) is 4.37. The van der Waals surface area contributed by atoms with E-state index in [0.29, 0.717) is 6.04 Å². The average molecular weight is 274 g/mol. The minimum atomic E-state index is 0.0610. The summed E-state index contributed by atoms with van der Waals surface area (Å²) in [6, 6.07) is 6.50. The van der Waals surface area contributed by atoms with Crippen LogP contribution in [0.5, 0.6) is 0 Å². The van der Waals surface area contributed by atoms with Crippen LogP contribution in [0.25, 0.3) is 0 Å². The summed E-state index contributed by atoms with van der Waals surface area (Å²) in [4.78, 5) is 13.7. The van der Waals surface area contributed by atoms with Crippen LogP contribution < -0.4 is 5.32 Å². The summed E-state index contributed by atoms with van der Waals surface area (Å²) in [7, 11) is 3.58. The molecule has 0 bridgehead atoms. The van der Waals surface area contributed by atoms with Crippen LogP contribution in [0.15, 0.2) is 18.2 Å². The van der Waals surface area contributed by atoms with Gasteiger partial charge in [0.25, 0.3) is 5.91 Å². The van der Waals surface area contributed by atoms with E-state index in [0.717, 1.165) is 17.2 Å². The third kappa shape index (κ3) is 3.33. The Morgan fingerprint density at radius 2 is 2.10 bits per heavy atom. The molecule has 2 atom stereocenters. The van der Waals surface area contributed by atoms with Gasteiger partial charge in [0.05, 0.1) is 0 Å². The van der Waals surface area contributed by atoms with Gasteiger partial charge in [-0.15, -0.1) is 0 Å². The van der Waals surface area contributed by atoms with Gasteiger partial charge in [-0.3, -0.25) is 4.79 Å². The summed E-state index contributed by atoms with van der Waals surface area (Å²) in [5, 5.41) is 3.64. The smallest absolute Gasteiger partial charge is 0.253 e. The molecule has 2 unspecified atom stereocenters. The van der Waals surface area contributed by atoms with Crippen LogP contribution >= 0.6 is 0 Å². The summed E-state index contributed by atoms with van der Waals surface area (Å²) in [6.07, 6.45) is 5.09. The number of carbonyl (C=O) groups is 1. The molecule has 0 aromatic heterocycles. The first kappa shape index (κ1) is 14.9. The van der Waals surface area contributed by atoms with Gasteiger partial charge in [0.2, 0.25) is 0 Å². The molecule has 0 heterocycles. The molecule has 1 aliphatic carbocycles. The topological polar surface area (TPSA) is 32.3 Å². The Hall–Kier alpha value is -1.51. The van der Waals surface area contributed by atoms with Crippen LogP contribution in [0.1, 0.15) is 48.5 Å². The van der Waals surface area contributed by atoms with E-state index >= 15 is 0 Å². The molecule has 1 fully saturated rings. The highest BCUT2D eigenvalue weighted by molar-refractivity contribution is 5.95. The van der Waals surface area contributed by atoms with Gasteiger partial charge < -0.3 is 10.2 Å². The van der Waals surface area contributed by atoms with Gasteiger partial charge >= 0.3 is 0 Å². The Kier molecular flexibility index (Phi) is 4.69. The molecule has 0 radical (unpaired) electrons. The number of hydrogen-bond donors (Lipinski definition) is 1. The van der Waals surface area contributed by atoms with Crippen LogP contribution in [-0.4, -0.2) is 30.9 Å². The number of carbonyl (C=O) groups excluding carboxylic acids is 1. The zero-order valence-corrected chi connectivity index (χ0v) is 13.1. The molecule has 1 aliphatic rings. The lowest BCUT2D eigenvalue weighted by Crippen LogP contribution is -2.22. The SMILES string of the molecule is CCC1CCC(Nc2cc(C(=O)N(C)C)ccc2C)C1. The third-order valence-corrected chi connectivity index (χ3v) is 4.37. The Bertz CT molecular complexity index is 482. The van der Waals surface area contributed by atoms with E-state index in [2.05, 4.69) is 19.2 Å². The molecule has 0 aliphatic heterocycles. The van der Waals surface area contributed by atoms with E-state index in [9.17, 15) is 4.79 Å². The predicted octanol–water partition coefficient (Wildman–Crippen LogP) is 3.69. The number of aryl methyl sites for hydroxylation is 1. The largest absolute Gasteiger partial charge is 0.382 e. The van der Waals surface area contributed by atoms with E-state index in [4.69, 9.17) is 0 Å². The summed E-state index contributed by atoms with van der Waals surface area (Å²) < 4.78 is 0. The highest BCUT2D eigenvalue weighted by Crippen LogP contribution is 2.31. The van der Waals surface area contributed by atoms with Crippen molar-refractivity contribution in [2.24, 2.45) is 5.92 Å². The van der Waals surface area contributed by atoms with E-state index in [-0.39, 0.29) is 5.91 Å². The predicted molar refractivity (Wildman–Crippen MR) is 84.2 cm³/mol. The molecule has 1 amide bonds. The Balaban J connectivity index is 2.11. The molecule has 1 N–H and O–H groups in total. The van der Waals surface area contributed by atoms with Crippen molar-refractivity contribution in [2.45, 2.75) is 45.6 Å². The second kappa shape index (κ2) is 6.29. The van der Waals surface area contributed by atoms with Crippen LogP contribution in [0, 0.1) is 12.8 Å². The maximum absolute atomic E-state index is 12.0. The molecule has 1 saturated carbocycles. The number of benzene rings is 1. The molecule has 2 rings (SSSR count). The minimum Gasteiger partial charge on any atom is -0.382 e. The molecule has 3 heteroatoms. The highest BCUT2D eigenvalue weighted by atomic mass is 16.2. The van der Waals surface area contributed by atoms with Crippen molar-refractivity contribution >= 4 is 11.6 Å². The van der Waals surface area contributed by atoms with Gasteiger partial charge in [-0.2, -0.15) is 0 Å². The van der Waals surface area contributed by atoms with Crippen molar-refractivity contribution in [3.05, 3.63) is 29.3 Å². The summed E-state index contributed by atoms with van der Waals surface area (Å²) in [5.74, 6) is 0.922. The maximum Gasteiger partial charge on any atom is 0.253 e. The van der Waals surface area contributed by atoms with E-state index in [1.54, 1.807) is 19.0 Å². The second-order valence-electron chi connectivity index (χ2n) is 6.16. The van der Waals surface area contributed by atoms with Crippen molar-refractivity contribution < 1.29 is 4.79 Å². The second-order valence-corrected chi connectivity index (χ2v) is 6.16. The van der Waals surface area contributed by atoms with Crippen molar-refractivity contribution in [1.82, 2.24) is 4.90 Å². The maximum atomic E-state index is 12.0. The lowest BCUT2D eigenvalue weighted by atomic mass is 10.0. The molecule has 1 aromatic carbocycles. The minimum absolute atomic E-state index is 0.0610. The van der Waals surface area contributed by atoms with Gasteiger partial charge in [0.15, 0.2) is 0 Å². The van der Waals surface area contributed by atoms with Crippen LogP contribution in [0.2, 0.25) is 0 Å². The molecule has 0 saturated heterocycles. The molecule has 110 valence electrons. The van der Waals surface area contributed by atoms with Gasteiger partial charge in [-0.1, -0.05) is 19.4 Å². The van der Waals surface area contributed by atoms with Crippen LogP contribution in [0.3, 0.4) is 0 Å². The van der Waals surface area contributed by atoms with Gasteiger partial charge in [0, 0.05) is 31.4 Å². The molecule has 20 heavy (non-hydrogen) atoms. The quantitative estimate of drug-likeness (QED) is 0.908. The summed E-state index contributed by atoms with van der Waals surface area (Å²) in [6.45, 7) is 4.37. The Morgan fingerprint density at radius 3 is 2.70 bits per heavy atom. The molecule has 0 spiro atoms. The van der Waals surface area contributed by atoms with Crippen molar-refractivity contribution in [1.29, 1.82) is 0 Å². The highest BCUT2D eigenvalue weighted by Gasteiger charge is 2.23. The number of anilines is 1. The number of hydrogen-bond acceptors (Lipinski definition) is 2. The first-order valence-electron chi connectivity index (χ1n) is 7.60. The average Bonchev–Trinajstić information content (AvgIpc) is 2.88. The van der Waals surface area contributed by atoms with Crippen molar-refractivity contribution in [2.75, 3.05) is 19.4 Å². The summed E-state index contributed by atoms with van der Waals surface area (Å²) >= 11 is 0. The fraction of sp³-hybridized carbons (Fsp3) is 0.588. The lowest BCUT2D eigenvalue weighted by molar-refractivity contribution is 0.0827. The van der Waals surface area contributed by atoms with Crippen molar-refractivity contribution in [3.63, 3.8) is 0 Å². The zero-order valence-electron chi connectivity index (χ0n) is 13.1. The van der Waals surface area contributed by atoms with Gasteiger partial charge in [-0.25, -0.2) is 0 Å². The zero-order chi connectivity index (χ0) is 14.7. The number of nitrogens with zero attached hydrogens (tertiary/aromatic N) is 1. The first-order valence-corrected chi connectivity index (χ1v) is 7.60. The fourth-order valence-electron chi connectivity index (χ4n) is 2.97. The van der Waals surface area contributed by atoms with Gasteiger partial charge in [-0.05, 0) is 49.8 Å². The standard InChI is InChI=1S/C17H26N2O/c1-5-13-7-9-15(10-13)18-16-11-14(8-6-12(16)2)17(20)19(3)4/h6,8,11,13,15,18H,5,7,9-10H2,1-4H3. The molecule has 1 aromatic rings. The number of rotatable bonds is 4. The van der Waals surface area contributed by atoms with Crippen molar-refractivity contribution in [3.8, 4) is 0 Å². The normalized spacial score (nSPS) is 21.8. The van der Waals surface area contributed by atoms with Crippen LogP contribution in [-0.2, 0) is 0 Å². The molecule has 3 nitrogen and oxygen atoms in total. The summed E-state index contributed by atoms with van der Waals surface area (Å²) in [5.41, 5.74) is 3.08. The Morgan fingerprint density at radius 1 is 1.35 bits per heavy atom. The fourth-order valence-corrected chi connectivity index (χ4v) is 2.97. The van der Waals surface area contributed by atoms with Crippen LogP contribution in [0.4, 0.5) is 5.69 Å². The van der Waals surface area contributed by atoms with Gasteiger partial charge in [0.1, 0.15) is 0 Å². The van der Waals surface area contributed by atoms with E-state index in [1.165, 1.54) is 31.2 Å². The number of amides is 1. The lowest BCUT2D eigenvalue weighted by Gasteiger charge is -2.18. The monoisotopic (exact) mass is 274 g/mol. The molecular formula is C17H26N2O. The number of nitrogens with one attached hydrogen (secondary N) is 1. The first-order chi connectivity index (χ1) is 9.51. The Labute approximate surface area is 122 Å². The van der Waals surface area contributed by atoms with E-state index < -0.39 is 0 Å². The van der Waals surface area contributed by atoms with E-state index in [1.807, 2.05) is 18.2 Å².